The zero-order valence-corrected chi connectivity index (χ0v) is 13.3. The largest absolute Gasteiger partial charge is 0.378 e. The first kappa shape index (κ1) is 15.0. The van der Waals surface area contributed by atoms with Crippen molar-refractivity contribution in [3.05, 3.63) is 29.5 Å². The molecule has 118 valence electrons. The summed E-state index contributed by atoms with van der Waals surface area (Å²) < 4.78 is 5.62. The van der Waals surface area contributed by atoms with Gasteiger partial charge in [-0.1, -0.05) is 11.6 Å². The molecule has 1 saturated heterocycles. The highest BCUT2D eigenvalue weighted by molar-refractivity contribution is 6.04. The molecule has 2 heterocycles. The molecule has 5 heteroatoms. The second kappa shape index (κ2) is 6.48. The molecule has 1 aliphatic rings. The van der Waals surface area contributed by atoms with Crippen LogP contribution in [0.5, 0.6) is 0 Å². The molecule has 3 rings (SSSR count). The number of fused-ring (bicyclic) bond motifs is 1. The first-order valence-corrected chi connectivity index (χ1v) is 7.97. The topological polar surface area (TPSA) is 58.2 Å². The fraction of sp³-hybridized carbons (Fsp3) is 0.529. The molecule has 1 N–H and O–H groups in total. The molecule has 2 aromatic rings. The van der Waals surface area contributed by atoms with E-state index in [0.29, 0.717) is 11.8 Å². The van der Waals surface area contributed by atoms with E-state index in [2.05, 4.69) is 10.2 Å². The minimum atomic E-state index is -0.0239. The Hall–Kier alpha value is -1.88. The van der Waals surface area contributed by atoms with Crippen molar-refractivity contribution >= 4 is 16.8 Å². The molecule has 0 aliphatic carbocycles. The monoisotopic (exact) mass is 301 g/mol. The Labute approximate surface area is 130 Å². The maximum atomic E-state index is 12.6. The standard InChI is InChI=1S/C17H23N3O2/c1-12-7-8-15-14(11-12)16(19-18-15)17(21)20(2)9-3-5-13-6-4-10-22-13/h7-8,11,13H,3-6,9-10H2,1-2H3,(H,18,19). The molecule has 0 saturated carbocycles. The normalized spacial score (nSPS) is 18.0. The second-order valence-corrected chi connectivity index (χ2v) is 6.13. The molecule has 1 unspecified atom stereocenters. The van der Waals surface area contributed by atoms with Crippen molar-refractivity contribution in [2.45, 2.75) is 38.7 Å². The minimum absolute atomic E-state index is 0.0239. The van der Waals surface area contributed by atoms with Gasteiger partial charge < -0.3 is 9.64 Å². The van der Waals surface area contributed by atoms with Gasteiger partial charge in [0.25, 0.3) is 5.91 Å². The number of hydrogen-bond donors (Lipinski definition) is 1. The van der Waals surface area contributed by atoms with Gasteiger partial charge in [0, 0.05) is 25.6 Å². The Balaban J connectivity index is 1.62. The SMILES string of the molecule is Cc1ccc2[nH]nc(C(=O)N(C)CCCC3CCCO3)c2c1. The van der Waals surface area contributed by atoms with E-state index in [1.807, 2.05) is 32.2 Å². The smallest absolute Gasteiger partial charge is 0.274 e. The number of ether oxygens (including phenoxy) is 1. The van der Waals surface area contributed by atoms with E-state index in [9.17, 15) is 4.79 Å². The molecule has 1 aliphatic heterocycles. The summed E-state index contributed by atoms with van der Waals surface area (Å²) in [5, 5.41) is 8.04. The van der Waals surface area contributed by atoms with Crippen LogP contribution in [0.15, 0.2) is 18.2 Å². The van der Waals surface area contributed by atoms with Crippen molar-refractivity contribution in [2.24, 2.45) is 0 Å². The van der Waals surface area contributed by atoms with Crippen LogP contribution >= 0.6 is 0 Å². The van der Waals surface area contributed by atoms with E-state index in [0.717, 1.165) is 55.3 Å². The van der Waals surface area contributed by atoms with Crippen molar-refractivity contribution in [1.82, 2.24) is 15.1 Å². The molecule has 5 nitrogen and oxygen atoms in total. The first-order valence-electron chi connectivity index (χ1n) is 7.97. The summed E-state index contributed by atoms with van der Waals surface area (Å²) in [6.45, 7) is 3.64. The van der Waals surface area contributed by atoms with Crippen molar-refractivity contribution in [1.29, 1.82) is 0 Å². The van der Waals surface area contributed by atoms with Gasteiger partial charge >= 0.3 is 0 Å². The number of aromatic amines is 1. The van der Waals surface area contributed by atoms with Crippen molar-refractivity contribution < 1.29 is 9.53 Å². The first-order chi connectivity index (χ1) is 10.6. The highest BCUT2D eigenvalue weighted by Crippen LogP contribution is 2.20. The lowest BCUT2D eigenvalue weighted by Gasteiger charge is -2.17. The number of nitrogens with zero attached hydrogens (tertiary/aromatic N) is 2. The van der Waals surface area contributed by atoms with Crippen LogP contribution in [-0.2, 0) is 4.74 Å². The molecule has 1 atom stereocenters. The van der Waals surface area contributed by atoms with E-state index in [4.69, 9.17) is 4.74 Å². The van der Waals surface area contributed by atoms with Crippen LogP contribution < -0.4 is 0 Å². The van der Waals surface area contributed by atoms with Crippen molar-refractivity contribution in [3.8, 4) is 0 Å². The van der Waals surface area contributed by atoms with E-state index in [1.54, 1.807) is 4.90 Å². The molecule has 1 amide bonds. The Kier molecular flexibility index (Phi) is 4.43. The van der Waals surface area contributed by atoms with Gasteiger partial charge in [-0.05, 0) is 44.7 Å². The Morgan fingerprint density at radius 3 is 3.14 bits per heavy atom. The van der Waals surface area contributed by atoms with Gasteiger partial charge in [-0.2, -0.15) is 5.10 Å². The average Bonchev–Trinajstić information content (AvgIpc) is 3.15. The van der Waals surface area contributed by atoms with Gasteiger partial charge in [-0.15, -0.1) is 0 Å². The summed E-state index contributed by atoms with van der Waals surface area (Å²) in [6, 6.07) is 5.98. The van der Waals surface area contributed by atoms with Crippen LogP contribution in [0, 0.1) is 6.92 Å². The molecular formula is C17H23N3O2. The summed E-state index contributed by atoms with van der Waals surface area (Å²) in [5.74, 6) is -0.0239. The van der Waals surface area contributed by atoms with Gasteiger partial charge in [-0.25, -0.2) is 0 Å². The van der Waals surface area contributed by atoms with E-state index < -0.39 is 0 Å². The lowest BCUT2D eigenvalue weighted by molar-refractivity contribution is 0.0759. The predicted octanol–water partition coefficient (Wildman–Crippen LogP) is 2.90. The van der Waals surface area contributed by atoms with Gasteiger partial charge in [-0.3, -0.25) is 9.89 Å². The number of rotatable bonds is 5. The molecule has 0 bridgehead atoms. The number of aromatic nitrogens is 2. The maximum Gasteiger partial charge on any atom is 0.274 e. The third-order valence-corrected chi connectivity index (χ3v) is 4.31. The summed E-state index contributed by atoms with van der Waals surface area (Å²) in [7, 11) is 1.84. The van der Waals surface area contributed by atoms with E-state index >= 15 is 0 Å². The van der Waals surface area contributed by atoms with Crippen LogP contribution in [0.3, 0.4) is 0 Å². The number of carbonyl (C=O) groups is 1. The Bertz CT molecular complexity index is 659. The summed E-state index contributed by atoms with van der Waals surface area (Å²) >= 11 is 0. The number of H-pyrrole nitrogens is 1. The lowest BCUT2D eigenvalue weighted by Crippen LogP contribution is -2.28. The number of carbonyl (C=O) groups excluding carboxylic acids is 1. The van der Waals surface area contributed by atoms with Crippen molar-refractivity contribution in [3.63, 3.8) is 0 Å². The van der Waals surface area contributed by atoms with Crippen LogP contribution in [0.4, 0.5) is 0 Å². The zero-order chi connectivity index (χ0) is 15.5. The van der Waals surface area contributed by atoms with Gasteiger partial charge in [0.05, 0.1) is 11.6 Å². The summed E-state index contributed by atoms with van der Waals surface area (Å²) in [4.78, 5) is 14.3. The highest BCUT2D eigenvalue weighted by atomic mass is 16.5. The third kappa shape index (κ3) is 3.14. The van der Waals surface area contributed by atoms with Crippen molar-refractivity contribution in [2.75, 3.05) is 20.2 Å². The highest BCUT2D eigenvalue weighted by Gasteiger charge is 2.19. The van der Waals surface area contributed by atoms with Crippen LogP contribution in [0.1, 0.15) is 41.7 Å². The van der Waals surface area contributed by atoms with Crippen LogP contribution in [0.2, 0.25) is 0 Å². The molecule has 0 spiro atoms. The van der Waals surface area contributed by atoms with Crippen LogP contribution in [0.25, 0.3) is 10.9 Å². The van der Waals surface area contributed by atoms with Gasteiger partial charge in [0.2, 0.25) is 0 Å². The quantitative estimate of drug-likeness (QED) is 0.924. The molecular weight excluding hydrogens is 278 g/mol. The second-order valence-electron chi connectivity index (χ2n) is 6.13. The predicted molar refractivity (Wildman–Crippen MR) is 86.0 cm³/mol. The zero-order valence-electron chi connectivity index (χ0n) is 13.3. The third-order valence-electron chi connectivity index (χ3n) is 4.31. The van der Waals surface area contributed by atoms with E-state index in [-0.39, 0.29) is 5.91 Å². The molecule has 1 aromatic heterocycles. The van der Waals surface area contributed by atoms with Gasteiger partial charge in [0.1, 0.15) is 0 Å². The molecule has 1 fully saturated rings. The number of hydrogen-bond acceptors (Lipinski definition) is 3. The number of benzene rings is 1. The van der Waals surface area contributed by atoms with E-state index in [1.165, 1.54) is 0 Å². The minimum Gasteiger partial charge on any atom is -0.378 e. The Morgan fingerprint density at radius 1 is 1.50 bits per heavy atom. The Morgan fingerprint density at radius 2 is 2.36 bits per heavy atom. The molecule has 0 radical (unpaired) electrons. The summed E-state index contributed by atoms with van der Waals surface area (Å²) in [6.07, 6.45) is 4.70. The lowest BCUT2D eigenvalue weighted by atomic mass is 10.1. The summed E-state index contributed by atoms with van der Waals surface area (Å²) in [5.41, 5.74) is 2.55. The number of nitrogens with one attached hydrogen (secondary N) is 1. The van der Waals surface area contributed by atoms with Crippen LogP contribution in [-0.4, -0.2) is 47.3 Å². The average molecular weight is 301 g/mol. The fourth-order valence-electron chi connectivity index (χ4n) is 3.00. The molecule has 22 heavy (non-hydrogen) atoms. The maximum absolute atomic E-state index is 12.6. The molecule has 1 aromatic carbocycles. The van der Waals surface area contributed by atoms with Gasteiger partial charge in [0.15, 0.2) is 5.69 Å². The number of aryl methyl sites for hydroxylation is 1. The number of amides is 1. The fourth-order valence-corrected chi connectivity index (χ4v) is 3.00.